The van der Waals surface area contributed by atoms with E-state index in [1.54, 1.807) is 26.0 Å². The van der Waals surface area contributed by atoms with Crippen LogP contribution >= 0.6 is 0 Å². The van der Waals surface area contributed by atoms with Crippen molar-refractivity contribution in [3.63, 3.8) is 0 Å². The molecule has 0 radical (unpaired) electrons. The number of allylic oxidation sites excluding steroid dienone is 3. The first-order valence-corrected chi connectivity index (χ1v) is 21.5. The van der Waals surface area contributed by atoms with Crippen molar-refractivity contribution < 1.29 is 32.2 Å². The summed E-state index contributed by atoms with van der Waals surface area (Å²) in [4.78, 5) is 25.7. The third kappa shape index (κ3) is 5.45. The fraction of sp³-hybridized carbons (Fsp3) is 0.717. The zero-order valence-electron chi connectivity index (χ0n) is 35.0. The summed E-state index contributed by atoms with van der Waals surface area (Å²) in [7, 11) is 0. The molecule has 300 valence electrons. The van der Waals surface area contributed by atoms with E-state index in [1.807, 2.05) is 19.1 Å². The number of nitrogens with zero attached hydrogens (tertiary/aromatic N) is 2. The minimum atomic E-state index is -4.06. The van der Waals surface area contributed by atoms with Crippen LogP contribution in [0.1, 0.15) is 142 Å². The Morgan fingerprint density at radius 2 is 1.67 bits per heavy atom. The van der Waals surface area contributed by atoms with Gasteiger partial charge in [-0.25, -0.2) is 0 Å². The van der Waals surface area contributed by atoms with Gasteiger partial charge in [-0.15, -0.1) is 0 Å². The molecule has 0 bridgehead atoms. The van der Waals surface area contributed by atoms with E-state index in [0.717, 1.165) is 59.5 Å². The van der Waals surface area contributed by atoms with Crippen molar-refractivity contribution in [1.82, 2.24) is 4.48 Å². The van der Waals surface area contributed by atoms with Crippen molar-refractivity contribution in [1.29, 1.82) is 0 Å². The largest absolute Gasteiger partial charge is 0.737 e. The number of hydrogen-bond acceptors (Lipinski definition) is 4. The summed E-state index contributed by atoms with van der Waals surface area (Å²) in [5.41, 5.74) is 4.52. The maximum atomic E-state index is 16.0. The number of hydrogen-bond donors (Lipinski definition) is 0. The van der Waals surface area contributed by atoms with E-state index in [0.29, 0.717) is 59.0 Å². The Morgan fingerprint density at radius 1 is 0.927 bits per heavy atom. The van der Waals surface area contributed by atoms with Gasteiger partial charge in [0.2, 0.25) is 0 Å². The minimum Gasteiger partial charge on any atom is -0.465 e. The van der Waals surface area contributed by atoms with Crippen molar-refractivity contribution in [3.05, 3.63) is 53.0 Å². The van der Waals surface area contributed by atoms with Crippen LogP contribution in [0.15, 0.2) is 36.1 Å². The number of rotatable bonds is 7. The molecule has 0 amide bonds. The number of carbonyl (C=O) groups is 2. The van der Waals surface area contributed by atoms with Gasteiger partial charge in [-0.1, -0.05) is 46.8 Å². The zero-order valence-corrected chi connectivity index (χ0v) is 35.0. The summed E-state index contributed by atoms with van der Waals surface area (Å²) in [5, 5.41) is 0. The van der Waals surface area contributed by atoms with Crippen LogP contribution in [0.5, 0.6) is 0 Å². The van der Waals surface area contributed by atoms with Crippen LogP contribution in [0.2, 0.25) is 0 Å². The molecule has 5 fully saturated rings. The van der Waals surface area contributed by atoms with Gasteiger partial charge in [-0.05, 0) is 148 Å². The average molecular weight is 759 g/mol. The Labute approximate surface area is 328 Å². The Morgan fingerprint density at radius 3 is 2.38 bits per heavy atom. The van der Waals surface area contributed by atoms with Gasteiger partial charge >= 0.3 is 18.9 Å². The fourth-order valence-corrected chi connectivity index (χ4v) is 15.3. The van der Waals surface area contributed by atoms with Crippen LogP contribution in [0.25, 0.3) is 6.08 Å². The monoisotopic (exact) mass is 759 g/mol. The predicted octanol–water partition coefficient (Wildman–Crippen LogP) is 10.6. The van der Waals surface area contributed by atoms with Crippen LogP contribution in [-0.4, -0.2) is 46.3 Å². The molecular weight excluding hydrogens is 693 g/mol. The molecule has 0 saturated heterocycles. The van der Waals surface area contributed by atoms with Crippen molar-refractivity contribution >= 4 is 30.7 Å². The quantitative estimate of drug-likeness (QED) is 0.158. The lowest BCUT2D eigenvalue weighted by atomic mass is 9.32. The van der Waals surface area contributed by atoms with Crippen LogP contribution in [0, 0.1) is 70.5 Å². The lowest BCUT2D eigenvalue weighted by molar-refractivity contribution is -0.362. The van der Waals surface area contributed by atoms with E-state index in [9.17, 15) is 9.59 Å². The molecule has 0 aromatic carbocycles. The number of halogens is 2. The SMILES string of the molecule is C=C(C)[C@@H]1CC[C@]2(COC(=O)CCC3=[N+]4C(=Cc5c(C)cc(C)n5[B-]4(F)F)C=C3)CC[C@]3(C)[C@H](CC[C@@H]4[C@@]5(C)CC[C@H](OC(C)=O)C(C)(C)[C@@H]5CC[C@]43C)[C@@H]12. The van der Waals surface area contributed by atoms with Gasteiger partial charge in [0.1, 0.15) is 11.8 Å². The molecule has 10 atom stereocenters. The number of aryl methyl sites for hydroxylation is 2. The molecule has 9 heteroatoms. The van der Waals surface area contributed by atoms with Gasteiger partial charge in [0.05, 0.1) is 13.0 Å². The molecule has 0 N–H and O–H groups in total. The third-order valence-corrected chi connectivity index (χ3v) is 18.0. The molecule has 2 aliphatic heterocycles. The van der Waals surface area contributed by atoms with Crippen LogP contribution in [-0.2, 0) is 19.1 Å². The summed E-state index contributed by atoms with van der Waals surface area (Å²) in [6.45, 7) is 20.8. The highest BCUT2D eigenvalue weighted by atomic mass is 19.2. The smallest absolute Gasteiger partial charge is 0.465 e. The first kappa shape index (κ1) is 38.9. The predicted molar refractivity (Wildman–Crippen MR) is 214 cm³/mol. The van der Waals surface area contributed by atoms with Gasteiger partial charge in [0.25, 0.3) is 0 Å². The summed E-state index contributed by atoms with van der Waals surface area (Å²) in [6, 6.07) is 1.81. The standard InChI is InChI=1S/C46H65BF2N2O4/c1-28(2)34-17-22-46(27-54-40(53)16-13-32-11-12-33-26-36-29(3)25-30(4)50(36)47(48,49)51(32)33)24-23-44(9)35(41(34)46)14-15-38-43(8)20-19-39(55-31(5)52)42(6,7)37(43)18-21-45(38,44)10/h11-12,25-26,34-35,37-39,41H,1,13-24,27H2,2-10H3/t34-,35+,37-,38+,39-,41+,43-,44+,45+,46+/m0/s1. The zero-order chi connectivity index (χ0) is 39.7. The lowest BCUT2D eigenvalue weighted by Crippen LogP contribution is -2.67. The first-order valence-electron chi connectivity index (χ1n) is 21.5. The molecule has 1 aromatic heterocycles. The van der Waals surface area contributed by atoms with Gasteiger partial charge < -0.3 is 27.1 Å². The maximum Gasteiger partial charge on any atom is 0.737 e. The van der Waals surface area contributed by atoms with Crippen molar-refractivity contribution in [2.75, 3.05) is 6.61 Å². The number of fused-ring (bicyclic) bond motifs is 9. The van der Waals surface area contributed by atoms with Crippen molar-refractivity contribution in [3.8, 4) is 0 Å². The first-order chi connectivity index (χ1) is 25.7. The van der Waals surface area contributed by atoms with E-state index in [1.165, 1.54) is 24.8 Å². The summed E-state index contributed by atoms with van der Waals surface area (Å²) in [5.74, 6) is 2.00. The normalized spacial score (nSPS) is 40.5. The molecule has 5 saturated carbocycles. The van der Waals surface area contributed by atoms with Gasteiger partial charge in [-0.2, -0.15) is 0 Å². The molecule has 8 rings (SSSR count). The van der Waals surface area contributed by atoms with E-state index < -0.39 is 6.97 Å². The maximum absolute atomic E-state index is 16.0. The van der Waals surface area contributed by atoms with Crippen LogP contribution in [0.4, 0.5) is 8.63 Å². The molecular formula is C46H65BF2N2O4. The molecule has 0 unspecified atom stereocenters. The third-order valence-electron chi connectivity index (χ3n) is 18.0. The molecule has 55 heavy (non-hydrogen) atoms. The molecule has 1 aromatic rings. The van der Waals surface area contributed by atoms with Crippen molar-refractivity contribution in [2.24, 2.45) is 56.7 Å². The average Bonchev–Trinajstić information content (AvgIpc) is 3.78. The van der Waals surface area contributed by atoms with Gasteiger partial charge in [0.15, 0.2) is 5.70 Å². The molecule has 5 aliphatic carbocycles. The topological polar surface area (TPSA) is 60.5 Å². The number of esters is 2. The highest BCUT2D eigenvalue weighted by Crippen LogP contribution is 2.77. The molecule has 6 nitrogen and oxygen atoms in total. The summed E-state index contributed by atoms with van der Waals surface area (Å²) < 4.78 is 46.6. The van der Waals surface area contributed by atoms with Gasteiger partial charge in [0, 0.05) is 48.1 Å². The van der Waals surface area contributed by atoms with Crippen LogP contribution < -0.4 is 0 Å². The van der Waals surface area contributed by atoms with Crippen LogP contribution in [0.3, 0.4) is 0 Å². The van der Waals surface area contributed by atoms with E-state index in [2.05, 4.69) is 48.1 Å². The van der Waals surface area contributed by atoms with E-state index in [4.69, 9.17) is 9.47 Å². The number of carbonyl (C=O) groups excluding carboxylic acids is 2. The van der Waals surface area contributed by atoms with E-state index >= 15 is 8.63 Å². The van der Waals surface area contributed by atoms with Gasteiger partial charge in [-0.3, -0.25) is 9.59 Å². The van der Waals surface area contributed by atoms with E-state index in [-0.39, 0.29) is 58.0 Å². The Bertz CT molecular complexity index is 1930. The second-order valence-corrected chi connectivity index (χ2v) is 20.7. The fourth-order valence-electron chi connectivity index (χ4n) is 15.3. The number of aromatic nitrogens is 1. The highest BCUT2D eigenvalue weighted by molar-refractivity contribution is 6.58. The summed E-state index contributed by atoms with van der Waals surface area (Å²) >= 11 is 0. The second-order valence-electron chi connectivity index (χ2n) is 20.7. The lowest BCUT2D eigenvalue weighted by Gasteiger charge is -2.73. The molecule has 7 aliphatic rings. The molecule has 3 heterocycles. The Hall–Kier alpha value is -2.97. The Kier molecular flexibility index (Phi) is 9.03. The highest BCUT2D eigenvalue weighted by Gasteiger charge is 2.71. The second kappa shape index (κ2) is 12.8. The molecule has 0 spiro atoms. The minimum absolute atomic E-state index is 0.0251. The summed E-state index contributed by atoms with van der Waals surface area (Å²) in [6.07, 6.45) is 16.7. The van der Waals surface area contributed by atoms with Crippen molar-refractivity contribution in [2.45, 2.75) is 145 Å². The number of ether oxygens (including phenoxy) is 2. The Balaban J connectivity index is 1.00.